The SMILES string of the molecule is COc1cccc(C(=O)c2c(Cl)cnn2C(C)C)c1N. The number of ketones is 1. The molecule has 0 amide bonds. The van der Waals surface area contributed by atoms with Crippen molar-refractivity contribution < 1.29 is 9.53 Å². The van der Waals surface area contributed by atoms with Crippen LogP contribution in [0.1, 0.15) is 35.9 Å². The van der Waals surface area contributed by atoms with E-state index in [1.54, 1.807) is 22.9 Å². The number of carbonyl (C=O) groups is 1. The van der Waals surface area contributed by atoms with Crippen LogP contribution in [0.3, 0.4) is 0 Å². The molecule has 0 unspecified atom stereocenters. The average molecular weight is 294 g/mol. The number of rotatable bonds is 4. The van der Waals surface area contributed by atoms with Gasteiger partial charge in [0.2, 0.25) is 5.78 Å². The van der Waals surface area contributed by atoms with Gasteiger partial charge < -0.3 is 10.5 Å². The summed E-state index contributed by atoms with van der Waals surface area (Å²) in [7, 11) is 1.51. The maximum Gasteiger partial charge on any atom is 0.214 e. The monoisotopic (exact) mass is 293 g/mol. The summed E-state index contributed by atoms with van der Waals surface area (Å²) in [5, 5.41) is 4.44. The molecule has 0 saturated heterocycles. The van der Waals surface area contributed by atoms with Crippen molar-refractivity contribution in [1.29, 1.82) is 0 Å². The third-order valence-corrected chi connectivity index (χ3v) is 3.26. The highest BCUT2D eigenvalue weighted by atomic mass is 35.5. The van der Waals surface area contributed by atoms with Gasteiger partial charge in [-0.15, -0.1) is 0 Å². The number of ether oxygens (including phenoxy) is 1. The molecule has 0 saturated carbocycles. The summed E-state index contributed by atoms with van der Waals surface area (Å²) in [6.07, 6.45) is 1.46. The van der Waals surface area contributed by atoms with Gasteiger partial charge in [-0.1, -0.05) is 17.7 Å². The van der Waals surface area contributed by atoms with Gasteiger partial charge in [-0.25, -0.2) is 0 Å². The highest BCUT2D eigenvalue weighted by molar-refractivity contribution is 6.34. The first kappa shape index (κ1) is 14.4. The van der Waals surface area contributed by atoms with Crippen LogP contribution in [0.5, 0.6) is 5.75 Å². The molecule has 2 aromatic rings. The van der Waals surface area contributed by atoms with E-state index in [1.165, 1.54) is 13.3 Å². The topological polar surface area (TPSA) is 70.1 Å². The zero-order valence-corrected chi connectivity index (χ0v) is 12.3. The van der Waals surface area contributed by atoms with Crippen LogP contribution in [-0.4, -0.2) is 22.7 Å². The average Bonchev–Trinajstić information content (AvgIpc) is 2.80. The Balaban J connectivity index is 2.55. The van der Waals surface area contributed by atoms with Crippen LogP contribution in [-0.2, 0) is 0 Å². The fourth-order valence-electron chi connectivity index (χ4n) is 1.99. The number of halogens is 1. The second-order valence-corrected chi connectivity index (χ2v) is 5.04. The molecule has 0 aliphatic heterocycles. The predicted molar refractivity (Wildman–Crippen MR) is 78.5 cm³/mol. The normalized spacial score (nSPS) is 10.8. The Labute approximate surface area is 122 Å². The number of nitrogens with zero attached hydrogens (tertiary/aromatic N) is 2. The van der Waals surface area contributed by atoms with E-state index in [1.807, 2.05) is 13.8 Å². The summed E-state index contributed by atoms with van der Waals surface area (Å²) in [5.41, 5.74) is 6.95. The van der Waals surface area contributed by atoms with Crippen molar-refractivity contribution in [3.63, 3.8) is 0 Å². The summed E-state index contributed by atoms with van der Waals surface area (Å²) < 4.78 is 6.72. The first-order valence-corrected chi connectivity index (χ1v) is 6.55. The smallest absolute Gasteiger partial charge is 0.214 e. The minimum atomic E-state index is -0.266. The third kappa shape index (κ3) is 2.36. The second-order valence-electron chi connectivity index (χ2n) is 4.63. The molecule has 2 N–H and O–H groups in total. The molecule has 0 bridgehead atoms. The molecule has 0 fully saturated rings. The summed E-state index contributed by atoms with van der Waals surface area (Å²) in [6.45, 7) is 3.85. The van der Waals surface area contributed by atoms with Gasteiger partial charge >= 0.3 is 0 Å². The van der Waals surface area contributed by atoms with Crippen LogP contribution in [0.4, 0.5) is 5.69 Å². The second kappa shape index (κ2) is 5.54. The van der Waals surface area contributed by atoms with Crippen molar-refractivity contribution in [3.8, 4) is 5.75 Å². The lowest BCUT2D eigenvalue weighted by Gasteiger charge is -2.13. The van der Waals surface area contributed by atoms with Crippen LogP contribution >= 0.6 is 11.6 Å². The molecule has 6 heteroatoms. The van der Waals surface area contributed by atoms with Crippen molar-refractivity contribution in [1.82, 2.24) is 9.78 Å². The number of benzene rings is 1. The van der Waals surface area contributed by atoms with Crippen LogP contribution in [0.25, 0.3) is 0 Å². The maximum absolute atomic E-state index is 12.7. The molecule has 106 valence electrons. The Morgan fingerprint density at radius 1 is 1.45 bits per heavy atom. The Bertz CT molecular complexity index is 650. The molecule has 0 aliphatic rings. The standard InChI is InChI=1S/C14H16ClN3O2/c1-8(2)18-13(10(15)7-17-18)14(19)9-5-4-6-11(20-3)12(9)16/h4-8H,16H2,1-3H3. The van der Waals surface area contributed by atoms with Gasteiger partial charge in [-0.05, 0) is 26.0 Å². The minimum absolute atomic E-state index is 0.0216. The Hall–Kier alpha value is -2.01. The zero-order chi connectivity index (χ0) is 14.9. The lowest BCUT2D eigenvalue weighted by atomic mass is 10.1. The largest absolute Gasteiger partial charge is 0.495 e. The summed E-state index contributed by atoms with van der Waals surface area (Å²) in [5.74, 6) is 0.195. The van der Waals surface area contributed by atoms with Crippen molar-refractivity contribution >= 4 is 23.1 Å². The molecular weight excluding hydrogens is 278 g/mol. The number of anilines is 1. The zero-order valence-electron chi connectivity index (χ0n) is 11.6. The maximum atomic E-state index is 12.7. The molecule has 20 heavy (non-hydrogen) atoms. The molecule has 1 aromatic heterocycles. The van der Waals surface area contributed by atoms with E-state index >= 15 is 0 Å². The number of hydrogen-bond donors (Lipinski definition) is 1. The van der Waals surface area contributed by atoms with E-state index in [0.29, 0.717) is 27.7 Å². The van der Waals surface area contributed by atoms with Crippen molar-refractivity contribution in [2.24, 2.45) is 0 Å². The lowest BCUT2D eigenvalue weighted by molar-refractivity contribution is 0.102. The van der Waals surface area contributed by atoms with E-state index in [9.17, 15) is 4.79 Å². The van der Waals surface area contributed by atoms with E-state index < -0.39 is 0 Å². The van der Waals surface area contributed by atoms with Gasteiger partial charge in [0.25, 0.3) is 0 Å². The molecular formula is C14H16ClN3O2. The number of methoxy groups -OCH3 is 1. The van der Waals surface area contributed by atoms with Gasteiger partial charge in [0, 0.05) is 6.04 Å². The molecule has 0 atom stereocenters. The van der Waals surface area contributed by atoms with Crippen LogP contribution in [0, 0.1) is 0 Å². The predicted octanol–water partition coefficient (Wildman–Crippen LogP) is 2.94. The molecule has 1 heterocycles. The first-order valence-electron chi connectivity index (χ1n) is 6.17. The highest BCUT2D eigenvalue weighted by Gasteiger charge is 2.23. The van der Waals surface area contributed by atoms with Gasteiger partial charge in [0.05, 0.1) is 29.6 Å². The van der Waals surface area contributed by atoms with Gasteiger partial charge in [0.1, 0.15) is 11.4 Å². The minimum Gasteiger partial charge on any atom is -0.495 e. The van der Waals surface area contributed by atoms with Crippen LogP contribution < -0.4 is 10.5 Å². The van der Waals surface area contributed by atoms with Crippen molar-refractivity contribution in [2.45, 2.75) is 19.9 Å². The van der Waals surface area contributed by atoms with Gasteiger partial charge in [-0.3, -0.25) is 9.48 Å². The summed E-state index contributed by atoms with van der Waals surface area (Å²) in [6, 6.07) is 5.09. The number of para-hydroxylation sites is 1. The van der Waals surface area contributed by atoms with Crippen LogP contribution in [0.2, 0.25) is 5.02 Å². The highest BCUT2D eigenvalue weighted by Crippen LogP contribution is 2.29. The van der Waals surface area contributed by atoms with Crippen molar-refractivity contribution in [3.05, 3.63) is 40.7 Å². The number of aromatic nitrogens is 2. The Morgan fingerprint density at radius 3 is 2.75 bits per heavy atom. The van der Waals surface area contributed by atoms with Crippen LogP contribution in [0.15, 0.2) is 24.4 Å². The lowest BCUT2D eigenvalue weighted by Crippen LogP contribution is -2.15. The summed E-state index contributed by atoms with van der Waals surface area (Å²) >= 11 is 6.08. The van der Waals surface area contributed by atoms with E-state index in [4.69, 9.17) is 22.1 Å². The van der Waals surface area contributed by atoms with E-state index in [-0.39, 0.29) is 11.8 Å². The molecule has 0 aliphatic carbocycles. The Kier molecular flexibility index (Phi) is 3.99. The van der Waals surface area contributed by atoms with Gasteiger partial charge in [-0.2, -0.15) is 5.10 Å². The number of nitrogen functional groups attached to an aromatic ring is 1. The number of hydrogen-bond acceptors (Lipinski definition) is 4. The first-order chi connectivity index (χ1) is 9.47. The van der Waals surface area contributed by atoms with E-state index in [2.05, 4.69) is 5.10 Å². The molecule has 2 rings (SSSR count). The quantitative estimate of drug-likeness (QED) is 0.695. The number of carbonyl (C=O) groups excluding carboxylic acids is 1. The molecule has 1 aromatic carbocycles. The fourth-order valence-corrected chi connectivity index (χ4v) is 2.21. The molecule has 0 spiro atoms. The molecule has 5 nitrogen and oxygen atoms in total. The Morgan fingerprint density at radius 2 is 2.15 bits per heavy atom. The van der Waals surface area contributed by atoms with E-state index in [0.717, 1.165) is 0 Å². The van der Waals surface area contributed by atoms with Gasteiger partial charge in [0.15, 0.2) is 0 Å². The summed E-state index contributed by atoms with van der Waals surface area (Å²) in [4.78, 5) is 12.7. The fraction of sp³-hybridized carbons (Fsp3) is 0.286. The third-order valence-electron chi connectivity index (χ3n) is 2.99. The molecule has 0 radical (unpaired) electrons. The van der Waals surface area contributed by atoms with Crippen molar-refractivity contribution in [2.75, 3.05) is 12.8 Å². The number of nitrogens with two attached hydrogens (primary N) is 1.